The lowest BCUT2D eigenvalue weighted by molar-refractivity contribution is -0.139. The maximum absolute atomic E-state index is 14.0. The number of carbonyl (C=O) groups is 2. The molecular formula is C28H31Cl2N3O4S. The number of likely N-dealkylation sites (N-methyl/N-ethyl adjacent to an activating group) is 1. The van der Waals surface area contributed by atoms with E-state index in [1.807, 2.05) is 43.3 Å². The van der Waals surface area contributed by atoms with Gasteiger partial charge in [-0.1, -0.05) is 71.7 Å². The maximum atomic E-state index is 14.0. The summed E-state index contributed by atoms with van der Waals surface area (Å²) in [4.78, 5) is 28.5. The van der Waals surface area contributed by atoms with Gasteiger partial charge in [0.1, 0.15) is 12.6 Å². The van der Waals surface area contributed by atoms with Crippen LogP contribution in [-0.4, -0.2) is 51.0 Å². The van der Waals surface area contributed by atoms with Gasteiger partial charge in [0, 0.05) is 30.1 Å². The van der Waals surface area contributed by atoms with Gasteiger partial charge in [-0.15, -0.1) is 0 Å². The molecule has 0 aromatic heterocycles. The van der Waals surface area contributed by atoms with Gasteiger partial charge in [0.15, 0.2) is 0 Å². The summed E-state index contributed by atoms with van der Waals surface area (Å²) in [6, 6.07) is 18.6. The van der Waals surface area contributed by atoms with Gasteiger partial charge < -0.3 is 10.2 Å². The van der Waals surface area contributed by atoms with E-state index >= 15 is 0 Å². The van der Waals surface area contributed by atoms with Crippen molar-refractivity contribution in [3.63, 3.8) is 0 Å². The van der Waals surface area contributed by atoms with Crippen molar-refractivity contribution in [1.29, 1.82) is 0 Å². The summed E-state index contributed by atoms with van der Waals surface area (Å²) in [6.45, 7) is 3.17. The Bertz CT molecular complexity index is 1410. The molecule has 0 saturated carbocycles. The van der Waals surface area contributed by atoms with Crippen molar-refractivity contribution >= 4 is 50.7 Å². The molecule has 0 aliphatic heterocycles. The predicted octanol–water partition coefficient (Wildman–Crippen LogP) is 4.76. The minimum atomic E-state index is -3.84. The van der Waals surface area contributed by atoms with E-state index in [1.54, 1.807) is 37.3 Å². The van der Waals surface area contributed by atoms with Gasteiger partial charge in [-0.3, -0.25) is 13.9 Å². The van der Waals surface area contributed by atoms with E-state index in [1.165, 1.54) is 11.9 Å². The van der Waals surface area contributed by atoms with Gasteiger partial charge >= 0.3 is 0 Å². The number of nitrogens with one attached hydrogen (secondary N) is 1. The average Bonchev–Trinajstić information content (AvgIpc) is 2.87. The van der Waals surface area contributed by atoms with Crippen LogP contribution in [0.1, 0.15) is 22.3 Å². The van der Waals surface area contributed by atoms with Gasteiger partial charge in [-0.25, -0.2) is 8.42 Å². The summed E-state index contributed by atoms with van der Waals surface area (Å²) in [6.07, 6.45) is 1.28. The third-order valence-corrected chi connectivity index (χ3v) is 8.11. The number of amides is 2. The van der Waals surface area contributed by atoms with Crippen molar-refractivity contribution < 1.29 is 18.0 Å². The topological polar surface area (TPSA) is 86.8 Å². The number of hydrogen-bond donors (Lipinski definition) is 1. The van der Waals surface area contributed by atoms with Crippen LogP contribution in [0, 0.1) is 13.8 Å². The SMILES string of the molecule is CNC(=O)[C@H](Cc1ccccc1)N(Cc1ccc(Cl)cc1Cl)C(=O)CN(c1cccc(C)c1C)S(C)(=O)=O. The number of carbonyl (C=O) groups excluding carboxylic acids is 2. The predicted molar refractivity (Wildman–Crippen MR) is 153 cm³/mol. The molecule has 0 spiro atoms. The minimum Gasteiger partial charge on any atom is -0.357 e. The van der Waals surface area contributed by atoms with Crippen LogP contribution in [0.25, 0.3) is 0 Å². The molecule has 0 heterocycles. The standard InChI is InChI=1S/C28H31Cl2N3O4S/c1-19-9-8-12-25(20(19)2)33(38(4,36)37)18-27(34)32(17-22-13-14-23(29)16-24(22)30)26(28(35)31-3)15-21-10-6-5-7-11-21/h5-14,16,26H,15,17-18H2,1-4H3,(H,31,35)/t26-/m0/s1. The van der Waals surface area contributed by atoms with Crippen molar-refractivity contribution in [3.05, 3.63) is 99.0 Å². The van der Waals surface area contributed by atoms with Crippen LogP contribution < -0.4 is 9.62 Å². The van der Waals surface area contributed by atoms with Crippen molar-refractivity contribution in [2.75, 3.05) is 24.2 Å². The second-order valence-electron chi connectivity index (χ2n) is 9.07. The summed E-state index contributed by atoms with van der Waals surface area (Å²) in [7, 11) is -2.34. The van der Waals surface area contributed by atoms with Gasteiger partial charge in [-0.2, -0.15) is 0 Å². The van der Waals surface area contributed by atoms with Crippen LogP contribution in [0.4, 0.5) is 5.69 Å². The molecule has 3 aromatic carbocycles. The third-order valence-electron chi connectivity index (χ3n) is 6.40. The normalized spacial score (nSPS) is 12.1. The Kier molecular flexibility index (Phi) is 9.82. The Balaban J connectivity index is 2.08. The molecular weight excluding hydrogens is 545 g/mol. The zero-order chi connectivity index (χ0) is 28.0. The summed E-state index contributed by atoms with van der Waals surface area (Å²) < 4.78 is 26.9. The van der Waals surface area contributed by atoms with E-state index < -0.39 is 28.5 Å². The van der Waals surface area contributed by atoms with E-state index in [9.17, 15) is 18.0 Å². The highest BCUT2D eigenvalue weighted by Crippen LogP contribution is 2.27. The zero-order valence-corrected chi connectivity index (χ0v) is 24.1. The van der Waals surface area contributed by atoms with Crippen LogP contribution >= 0.6 is 23.2 Å². The fraction of sp³-hybridized carbons (Fsp3) is 0.286. The quantitative estimate of drug-likeness (QED) is 0.377. The largest absolute Gasteiger partial charge is 0.357 e. The molecule has 0 bridgehead atoms. The second-order valence-corrected chi connectivity index (χ2v) is 11.8. The summed E-state index contributed by atoms with van der Waals surface area (Å²) >= 11 is 12.5. The Labute approximate surface area is 234 Å². The van der Waals surface area contributed by atoms with Crippen molar-refractivity contribution in [2.24, 2.45) is 0 Å². The van der Waals surface area contributed by atoms with Gasteiger partial charge in [-0.05, 0) is 54.3 Å². The number of halogens is 2. The number of sulfonamides is 1. The van der Waals surface area contributed by atoms with Crippen molar-refractivity contribution in [2.45, 2.75) is 32.9 Å². The number of aryl methyl sites for hydroxylation is 1. The number of nitrogens with zero attached hydrogens (tertiary/aromatic N) is 2. The molecule has 0 aliphatic carbocycles. The van der Waals surface area contributed by atoms with E-state index in [-0.39, 0.29) is 18.9 Å². The van der Waals surface area contributed by atoms with Crippen LogP contribution in [0.3, 0.4) is 0 Å². The first-order valence-corrected chi connectivity index (χ1v) is 14.6. The lowest BCUT2D eigenvalue weighted by atomic mass is 10.0. The molecule has 0 fully saturated rings. The van der Waals surface area contributed by atoms with E-state index in [4.69, 9.17) is 23.2 Å². The number of benzene rings is 3. The molecule has 10 heteroatoms. The summed E-state index contributed by atoms with van der Waals surface area (Å²) in [5.74, 6) is -0.934. The fourth-order valence-corrected chi connectivity index (χ4v) is 5.52. The molecule has 38 heavy (non-hydrogen) atoms. The lowest BCUT2D eigenvalue weighted by Crippen LogP contribution is -2.53. The second kappa shape index (κ2) is 12.7. The lowest BCUT2D eigenvalue weighted by Gasteiger charge is -2.33. The molecule has 1 N–H and O–H groups in total. The van der Waals surface area contributed by atoms with Crippen LogP contribution in [0.5, 0.6) is 0 Å². The number of anilines is 1. The van der Waals surface area contributed by atoms with E-state index in [0.717, 1.165) is 27.3 Å². The molecule has 0 saturated heterocycles. The van der Waals surface area contributed by atoms with Crippen LogP contribution in [0.2, 0.25) is 10.0 Å². The monoisotopic (exact) mass is 575 g/mol. The smallest absolute Gasteiger partial charge is 0.244 e. The minimum absolute atomic E-state index is 0.0237. The van der Waals surface area contributed by atoms with Gasteiger partial charge in [0.2, 0.25) is 21.8 Å². The highest BCUT2D eigenvalue weighted by atomic mass is 35.5. The maximum Gasteiger partial charge on any atom is 0.244 e. The summed E-state index contributed by atoms with van der Waals surface area (Å²) in [5.41, 5.74) is 3.45. The zero-order valence-electron chi connectivity index (χ0n) is 21.7. The van der Waals surface area contributed by atoms with Crippen LogP contribution in [-0.2, 0) is 32.6 Å². The Morgan fingerprint density at radius 2 is 1.66 bits per heavy atom. The molecule has 0 radical (unpaired) electrons. The Hall–Kier alpha value is -3.07. The van der Waals surface area contributed by atoms with Gasteiger partial charge in [0.05, 0.1) is 11.9 Å². The molecule has 2 amide bonds. The fourth-order valence-electron chi connectivity index (χ4n) is 4.15. The molecule has 1 atom stereocenters. The molecule has 202 valence electrons. The molecule has 0 unspecified atom stereocenters. The molecule has 3 aromatic rings. The van der Waals surface area contributed by atoms with Crippen molar-refractivity contribution in [3.8, 4) is 0 Å². The Morgan fingerprint density at radius 1 is 0.974 bits per heavy atom. The van der Waals surface area contributed by atoms with E-state index in [2.05, 4.69) is 5.32 Å². The van der Waals surface area contributed by atoms with E-state index in [0.29, 0.717) is 21.3 Å². The molecule has 7 nitrogen and oxygen atoms in total. The number of hydrogen-bond acceptors (Lipinski definition) is 4. The summed E-state index contributed by atoms with van der Waals surface area (Å²) in [5, 5.41) is 3.41. The van der Waals surface area contributed by atoms with Gasteiger partial charge in [0.25, 0.3) is 0 Å². The van der Waals surface area contributed by atoms with Crippen molar-refractivity contribution in [1.82, 2.24) is 10.2 Å². The first kappa shape index (κ1) is 29.5. The number of rotatable bonds is 10. The first-order valence-electron chi connectivity index (χ1n) is 11.9. The Morgan fingerprint density at radius 3 is 2.26 bits per heavy atom. The third kappa shape index (κ3) is 7.28. The molecule has 3 rings (SSSR count). The molecule has 0 aliphatic rings. The highest BCUT2D eigenvalue weighted by Gasteiger charge is 2.33. The first-order chi connectivity index (χ1) is 17.9. The average molecular weight is 577 g/mol. The highest BCUT2D eigenvalue weighted by molar-refractivity contribution is 7.92. The van der Waals surface area contributed by atoms with Crippen LogP contribution in [0.15, 0.2) is 66.7 Å².